The average molecular weight is 484 g/mol. The molecule has 2 aromatic heterocycles. The zero-order chi connectivity index (χ0) is 17.4. The first-order valence-corrected chi connectivity index (χ1v) is 8.71. The second-order valence-corrected chi connectivity index (χ2v) is 6.17. The Kier molecular flexibility index (Phi) is 9.86. The van der Waals surface area contributed by atoms with E-state index in [1.54, 1.807) is 11.3 Å². The zero-order valence-electron chi connectivity index (χ0n) is 14.2. The summed E-state index contributed by atoms with van der Waals surface area (Å²) in [5.74, 6) is 0.809. The number of thiazole rings is 1. The number of nitrogens with zero attached hydrogens (tertiary/aromatic N) is 4. The van der Waals surface area contributed by atoms with Crippen LogP contribution in [0.5, 0.6) is 0 Å². The molecule has 0 aliphatic carbocycles. The van der Waals surface area contributed by atoms with Gasteiger partial charge in [-0.1, -0.05) is 6.92 Å². The summed E-state index contributed by atoms with van der Waals surface area (Å²) in [6.45, 7) is 2.90. The number of alkyl halides is 2. The van der Waals surface area contributed by atoms with Gasteiger partial charge in [0, 0.05) is 43.0 Å². The van der Waals surface area contributed by atoms with Gasteiger partial charge in [0.25, 0.3) is 0 Å². The van der Waals surface area contributed by atoms with Gasteiger partial charge in [0.2, 0.25) is 0 Å². The fraction of sp³-hybridized carbons (Fsp3) is 0.533. The maximum atomic E-state index is 12.8. The van der Waals surface area contributed by atoms with Crippen LogP contribution in [-0.2, 0) is 19.4 Å². The van der Waals surface area contributed by atoms with Gasteiger partial charge in [0.15, 0.2) is 5.96 Å². The summed E-state index contributed by atoms with van der Waals surface area (Å²) in [6.07, 6.45) is 6.30. The van der Waals surface area contributed by atoms with E-state index in [4.69, 9.17) is 0 Å². The van der Waals surface area contributed by atoms with Gasteiger partial charge >= 0.3 is 6.55 Å². The quantitative estimate of drug-likeness (QED) is 0.343. The molecule has 0 bridgehead atoms. The first-order chi connectivity index (χ1) is 11.6. The van der Waals surface area contributed by atoms with Crippen LogP contribution in [0, 0.1) is 0 Å². The third kappa shape index (κ3) is 6.84. The summed E-state index contributed by atoms with van der Waals surface area (Å²) in [5, 5.41) is 7.35. The second-order valence-electron chi connectivity index (χ2n) is 4.97. The smallest absolute Gasteiger partial charge is 0.319 e. The standard InChI is InChI=1S/C15H22F2N6S.HI/c1-3-11-9-21-13(24-11)5-6-20-15(18-4-2)22-10-12-19-7-8-23(12)14(16)17;/h7-9,14H,3-6,10H2,1-2H3,(H2,18,20,22);1H. The van der Waals surface area contributed by atoms with Crippen LogP contribution in [0.2, 0.25) is 0 Å². The van der Waals surface area contributed by atoms with E-state index in [0.717, 1.165) is 22.4 Å². The molecule has 2 rings (SSSR count). The number of hydrogen-bond acceptors (Lipinski definition) is 4. The highest BCUT2D eigenvalue weighted by atomic mass is 127. The minimum absolute atomic E-state index is 0. The van der Waals surface area contributed by atoms with Crippen molar-refractivity contribution in [1.82, 2.24) is 25.2 Å². The van der Waals surface area contributed by atoms with E-state index in [1.807, 2.05) is 13.1 Å². The molecule has 0 amide bonds. The van der Waals surface area contributed by atoms with E-state index in [9.17, 15) is 8.78 Å². The van der Waals surface area contributed by atoms with Crippen LogP contribution in [0.3, 0.4) is 0 Å². The molecule has 10 heteroatoms. The van der Waals surface area contributed by atoms with Crippen molar-refractivity contribution in [2.75, 3.05) is 13.1 Å². The molecule has 2 N–H and O–H groups in total. The monoisotopic (exact) mass is 484 g/mol. The van der Waals surface area contributed by atoms with Crippen LogP contribution >= 0.6 is 35.3 Å². The highest BCUT2D eigenvalue weighted by Gasteiger charge is 2.11. The van der Waals surface area contributed by atoms with Gasteiger partial charge in [-0.25, -0.2) is 15.0 Å². The van der Waals surface area contributed by atoms with Gasteiger partial charge in [0.05, 0.1) is 5.01 Å². The predicted octanol–water partition coefficient (Wildman–Crippen LogP) is 3.21. The Balaban J connectivity index is 0.00000312. The molecule has 0 aliphatic heterocycles. The molecule has 0 aromatic carbocycles. The van der Waals surface area contributed by atoms with Gasteiger partial charge in [-0.05, 0) is 13.3 Å². The number of guanidine groups is 1. The second kappa shape index (κ2) is 11.3. The number of aromatic nitrogens is 3. The Morgan fingerprint density at radius 2 is 2.12 bits per heavy atom. The van der Waals surface area contributed by atoms with Crippen LogP contribution in [-0.4, -0.2) is 33.6 Å². The van der Waals surface area contributed by atoms with Gasteiger partial charge in [0.1, 0.15) is 12.4 Å². The van der Waals surface area contributed by atoms with E-state index < -0.39 is 6.55 Å². The third-order valence-electron chi connectivity index (χ3n) is 3.26. The molecule has 0 unspecified atom stereocenters. The van der Waals surface area contributed by atoms with Crippen molar-refractivity contribution >= 4 is 41.3 Å². The lowest BCUT2D eigenvalue weighted by Gasteiger charge is -2.11. The van der Waals surface area contributed by atoms with Crippen molar-refractivity contribution in [2.45, 2.75) is 39.8 Å². The average Bonchev–Trinajstić information content (AvgIpc) is 3.21. The summed E-state index contributed by atoms with van der Waals surface area (Å²) in [5.41, 5.74) is 0. The molecule has 0 fully saturated rings. The molecule has 6 nitrogen and oxygen atoms in total. The fourth-order valence-electron chi connectivity index (χ4n) is 2.05. The lowest BCUT2D eigenvalue weighted by molar-refractivity contribution is 0.0671. The van der Waals surface area contributed by atoms with Crippen molar-refractivity contribution in [3.05, 3.63) is 34.3 Å². The molecular weight excluding hydrogens is 461 g/mol. The summed E-state index contributed by atoms with van der Waals surface area (Å²) in [7, 11) is 0. The lowest BCUT2D eigenvalue weighted by atomic mass is 10.4. The molecule has 0 spiro atoms. The van der Waals surface area contributed by atoms with Crippen LogP contribution in [0.4, 0.5) is 8.78 Å². The fourth-order valence-corrected chi connectivity index (χ4v) is 2.91. The number of aryl methyl sites for hydroxylation is 1. The number of hydrogen-bond donors (Lipinski definition) is 2. The number of rotatable bonds is 8. The van der Waals surface area contributed by atoms with Crippen LogP contribution in [0.25, 0.3) is 0 Å². The van der Waals surface area contributed by atoms with Crippen LogP contribution < -0.4 is 10.6 Å². The van der Waals surface area contributed by atoms with E-state index in [0.29, 0.717) is 19.0 Å². The molecule has 25 heavy (non-hydrogen) atoms. The molecule has 0 aliphatic rings. The molecular formula is C15H23F2IN6S. The van der Waals surface area contributed by atoms with E-state index in [1.165, 1.54) is 17.3 Å². The zero-order valence-corrected chi connectivity index (χ0v) is 17.4. The number of halogens is 3. The number of aliphatic imine (C=N–C) groups is 1. The molecule has 0 saturated heterocycles. The molecule has 2 aromatic rings. The molecule has 0 radical (unpaired) electrons. The van der Waals surface area contributed by atoms with E-state index in [2.05, 4.69) is 32.5 Å². The van der Waals surface area contributed by atoms with Crippen LogP contribution in [0.15, 0.2) is 23.6 Å². The van der Waals surface area contributed by atoms with Gasteiger partial charge < -0.3 is 10.6 Å². The van der Waals surface area contributed by atoms with Gasteiger partial charge in [-0.2, -0.15) is 8.78 Å². The van der Waals surface area contributed by atoms with Crippen molar-refractivity contribution in [3.8, 4) is 0 Å². The van der Waals surface area contributed by atoms with Gasteiger partial charge in [-0.3, -0.25) is 4.57 Å². The number of nitrogens with one attached hydrogen (secondary N) is 2. The summed E-state index contributed by atoms with van der Waals surface area (Å²) in [4.78, 5) is 13.9. The first kappa shape index (κ1) is 21.7. The first-order valence-electron chi connectivity index (χ1n) is 7.89. The third-order valence-corrected chi connectivity index (χ3v) is 4.46. The van der Waals surface area contributed by atoms with Crippen LogP contribution in [0.1, 0.15) is 36.1 Å². The molecule has 140 valence electrons. The van der Waals surface area contributed by atoms with E-state index in [-0.39, 0.29) is 36.3 Å². The Morgan fingerprint density at radius 3 is 2.76 bits per heavy atom. The summed E-state index contributed by atoms with van der Waals surface area (Å²) in [6, 6.07) is 0. The topological polar surface area (TPSA) is 67.1 Å². The predicted molar refractivity (Wildman–Crippen MR) is 107 cm³/mol. The Labute approximate surface area is 167 Å². The molecule has 0 saturated carbocycles. The maximum Gasteiger partial charge on any atom is 0.319 e. The highest BCUT2D eigenvalue weighted by molar-refractivity contribution is 14.0. The van der Waals surface area contributed by atoms with Crippen molar-refractivity contribution < 1.29 is 8.78 Å². The molecule has 0 atom stereocenters. The molecule has 2 heterocycles. The van der Waals surface area contributed by atoms with E-state index >= 15 is 0 Å². The Bertz CT molecular complexity index is 658. The summed E-state index contributed by atoms with van der Waals surface area (Å²) < 4.78 is 26.4. The lowest BCUT2D eigenvalue weighted by Crippen LogP contribution is -2.38. The normalized spacial score (nSPS) is 11.5. The largest absolute Gasteiger partial charge is 0.357 e. The Morgan fingerprint density at radius 1 is 1.32 bits per heavy atom. The minimum Gasteiger partial charge on any atom is -0.357 e. The van der Waals surface area contributed by atoms with Crippen molar-refractivity contribution in [3.63, 3.8) is 0 Å². The highest BCUT2D eigenvalue weighted by Crippen LogP contribution is 2.14. The Hall–Kier alpha value is -1.30. The SMILES string of the molecule is CCNC(=NCc1nccn1C(F)F)NCCc1ncc(CC)s1.I. The van der Waals surface area contributed by atoms with Gasteiger partial charge in [-0.15, -0.1) is 35.3 Å². The maximum absolute atomic E-state index is 12.8. The summed E-state index contributed by atoms with van der Waals surface area (Å²) >= 11 is 1.71. The van der Waals surface area contributed by atoms with Crippen molar-refractivity contribution in [1.29, 1.82) is 0 Å². The van der Waals surface area contributed by atoms with Crippen molar-refractivity contribution in [2.24, 2.45) is 4.99 Å². The number of imidazole rings is 1. The minimum atomic E-state index is -2.61.